The van der Waals surface area contributed by atoms with Crippen LogP contribution >= 0.6 is 0 Å². The van der Waals surface area contributed by atoms with Crippen LogP contribution in [0, 0.1) is 0 Å². The van der Waals surface area contributed by atoms with Gasteiger partial charge in [0.05, 0.1) is 30.8 Å². The number of imidazole rings is 1. The van der Waals surface area contributed by atoms with E-state index in [1.54, 1.807) is 19.2 Å². The Balaban J connectivity index is 1.74. The van der Waals surface area contributed by atoms with Gasteiger partial charge in [0.2, 0.25) is 5.78 Å². The number of aromatic nitrogens is 5. The summed E-state index contributed by atoms with van der Waals surface area (Å²) < 4.78 is 12.4. The average Bonchev–Trinajstić information content (AvgIpc) is 3.08. The lowest BCUT2D eigenvalue weighted by Gasteiger charge is -2.09. The molecule has 3 aromatic heterocycles. The number of hydrogen-bond donors (Lipinski definition) is 1. The second kappa shape index (κ2) is 6.71. The highest BCUT2D eigenvalue weighted by Gasteiger charge is 2.12. The number of methoxy groups -OCH3 is 2. The SMILES string of the molecule is CCc1cnc2nc(Cc3nc4cc(OC)c(OC)cc4c(=O)[nH]3)cn2c1. The summed E-state index contributed by atoms with van der Waals surface area (Å²) in [5, 5.41) is 0.445. The van der Waals surface area contributed by atoms with Crippen molar-refractivity contribution in [3.8, 4) is 11.5 Å². The molecule has 0 saturated heterocycles. The van der Waals surface area contributed by atoms with Gasteiger partial charge >= 0.3 is 0 Å². The first-order valence-corrected chi connectivity index (χ1v) is 8.58. The molecule has 1 N–H and O–H groups in total. The Bertz CT molecular complexity index is 1200. The van der Waals surface area contributed by atoms with E-state index in [2.05, 4.69) is 26.9 Å². The standard InChI is InChI=1S/C19H19N5O3/c1-4-11-8-20-19-21-12(10-24(19)9-11)5-17-22-14-7-16(27-3)15(26-2)6-13(14)18(25)23-17/h6-10H,4-5H2,1-3H3,(H,22,23,25). The summed E-state index contributed by atoms with van der Waals surface area (Å²) in [4.78, 5) is 28.7. The lowest BCUT2D eigenvalue weighted by Crippen LogP contribution is -2.12. The van der Waals surface area contributed by atoms with Gasteiger partial charge in [-0.25, -0.2) is 15.0 Å². The predicted octanol–water partition coefficient (Wildman–Crippen LogP) is 2.14. The molecule has 0 bridgehead atoms. The number of aromatic amines is 1. The third kappa shape index (κ3) is 3.10. The van der Waals surface area contributed by atoms with Crippen LogP contribution in [0.5, 0.6) is 11.5 Å². The second-order valence-electron chi connectivity index (χ2n) is 6.17. The normalized spacial score (nSPS) is 11.2. The Hall–Kier alpha value is -3.42. The summed E-state index contributed by atoms with van der Waals surface area (Å²) in [6.07, 6.45) is 7.03. The van der Waals surface area contributed by atoms with Crippen molar-refractivity contribution in [2.75, 3.05) is 14.2 Å². The second-order valence-corrected chi connectivity index (χ2v) is 6.17. The number of fused-ring (bicyclic) bond motifs is 2. The first-order chi connectivity index (χ1) is 13.1. The number of hydrogen-bond acceptors (Lipinski definition) is 6. The molecule has 27 heavy (non-hydrogen) atoms. The van der Waals surface area contributed by atoms with Crippen molar-refractivity contribution >= 4 is 16.7 Å². The third-order valence-corrected chi connectivity index (χ3v) is 4.43. The number of nitrogens with one attached hydrogen (secondary N) is 1. The zero-order valence-electron chi connectivity index (χ0n) is 15.3. The Labute approximate surface area is 154 Å². The highest BCUT2D eigenvalue weighted by molar-refractivity contribution is 5.81. The molecule has 0 atom stereocenters. The average molecular weight is 365 g/mol. The van der Waals surface area contributed by atoms with Crippen molar-refractivity contribution in [2.45, 2.75) is 19.8 Å². The first-order valence-electron chi connectivity index (χ1n) is 8.58. The van der Waals surface area contributed by atoms with Crippen LogP contribution in [0.25, 0.3) is 16.7 Å². The monoisotopic (exact) mass is 365 g/mol. The minimum absolute atomic E-state index is 0.230. The molecule has 0 fully saturated rings. The number of nitrogens with zero attached hydrogens (tertiary/aromatic N) is 4. The van der Waals surface area contributed by atoms with E-state index in [9.17, 15) is 4.79 Å². The lowest BCUT2D eigenvalue weighted by molar-refractivity contribution is 0.355. The van der Waals surface area contributed by atoms with E-state index in [4.69, 9.17) is 9.47 Å². The smallest absolute Gasteiger partial charge is 0.258 e. The van der Waals surface area contributed by atoms with E-state index in [1.807, 2.05) is 23.0 Å². The highest BCUT2D eigenvalue weighted by Crippen LogP contribution is 2.30. The molecule has 0 aliphatic heterocycles. The molecule has 0 radical (unpaired) electrons. The van der Waals surface area contributed by atoms with E-state index in [0.717, 1.165) is 17.7 Å². The van der Waals surface area contributed by atoms with Gasteiger partial charge in [0.15, 0.2) is 11.5 Å². The van der Waals surface area contributed by atoms with Crippen LogP contribution < -0.4 is 15.0 Å². The lowest BCUT2D eigenvalue weighted by atomic mass is 10.2. The summed E-state index contributed by atoms with van der Waals surface area (Å²) in [6.45, 7) is 2.08. The highest BCUT2D eigenvalue weighted by atomic mass is 16.5. The van der Waals surface area contributed by atoms with Crippen LogP contribution in [0.4, 0.5) is 0 Å². The summed E-state index contributed by atoms with van der Waals surface area (Å²) in [5.41, 5.74) is 2.22. The van der Waals surface area contributed by atoms with Crippen molar-refractivity contribution < 1.29 is 9.47 Å². The van der Waals surface area contributed by atoms with E-state index < -0.39 is 0 Å². The Morgan fingerprint density at radius 3 is 2.63 bits per heavy atom. The van der Waals surface area contributed by atoms with E-state index in [1.165, 1.54) is 7.11 Å². The van der Waals surface area contributed by atoms with Crippen LogP contribution in [0.3, 0.4) is 0 Å². The number of ether oxygens (including phenoxy) is 2. The van der Waals surface area contributed by atoms with Gasteiger partial charge in [0.25, 0.3) is 5.56 Å². The van der Waals surface area contributed by atoms with Crippen molar-refractivity contribution in [2.24, 2.45) is 0 Å². The molecular formula is C19H19N5O3. The first kappa shape index (κ1) is 17.0. The molecule has 0 aliphatic rings. The molecule has 4 aromatic rings. The van der Waals surface area contributed by atoms with Crippen LogP contribution in [0.2, 0.25) is 0 Å². The van der Waals surface area contributed by atoms with Gasteiger partial charge in [-0.05, 0) is 18.1 Å². The Kier molecular flexibility index (Phi) is 4.23. The molecule has 8 heteroatoms. The maximum atomic E-state index is 12.5. The molecule has 0 aliphatic carbocycles. The molecule has 4 rings (SSSR count). The maximum Gasteiger partial charge on any atom is 0.258 e. The Morgan fingerprint density at radius 2 is 1.89 bits per heavy atom. The number of H-pyrrole nitrogens is 1. The summed E-state index contributed by atoms with van der Waals surface area (Å²) in [7, 11) is 3.08. The molecule has 138 valence electrons. The van der Waals surface area contributed by atoms with E-state index >= 15 is 0 Å². The zero-order chi connectivity index (χ0) is 19.0. The van der Waals surface area contributed by atoms with Crippen molar-refractivity contribution in [3.63, 3.8) is 0 Å². The van der Waals surface area contributed by atoms with Gasteiger partial charge in [0.1, 0.15) is 5.82 Å². The van der Waals surface area contributed by atoms with Gasteiger partial charge in [-0.2, -0.15) is 0 Å². The number of aryl methyl sites for hydroxylation is 1. The molecular weight excluding hydrogens is 346 g/mol. The van der Waals surface area contributed by atoms with Gasteiger partial charge < -0.3 is 14.5 Å². The van der Waals surface area contributed by atoms with Gasteiger partial charge in [-0.15, -0.1) is 0 Å². The molecule has 3 heterocycles. The molecule has 0 spiro atoms. The minimum atomic E-state index is -0.230. The fourth-order valence-electron chi connectivity index (χ4n) is 3.01. The van der Waals surface area contributed by atoms with Gasteiger partial charge in [0, 0.05) is 31.1 Å². The summed E-state index contributed by atoms with van der Waals surface area (Å²) in [5.74, 6) is 2.16. The maximum absolute atomic E-state index is 12.5. The Morgan fingerprint density at radius 1 is 1.11 bits per heavy atom. The fraction of sp³-hybridized carbons (Fsp3) is 0.263. The van der Waals surface area contributed by atoms with E-state index in [-0.39, 0.29) is 5.56 Å². The largest absolute Gasteiger partial charge is 0.493 e. The van der Waals surface area contributed by atoms with Crippen LogP contribution in [0.15, 0.2) is 35.5 Å². The molecule has 8 nitrogen and oxygen atoms in total. The van der Waals surface area contributed by atoms with Crippen LogP contribution in [0.1, 0.15) is 24.0 Å². The van der Waals surface area contributed by atoms with Crippen molar-refractivity contribution in [1.82, 2.24) is 24.3 Å². The predicted molar refractivity (Wildman–Crippen MR) is 101 cm³/mol. The minimum Gasteiger partial charge on any atom is -0.493 e. The quantitative estimate of drug-likeness (QED) is 0.582. The zero-order valence-corrected chi connectivity index (χ0v) is 15.3. The molecule has 0 saturated carbocycles. The van der Waals surface area contributed by atoms with E-state index in [0.29, 0.717) is 40.4 Å². The topological polar surface area (TPSA) is 94.4 Å². The molecule has 1 aromatic carbocycles. The van der Waals surface area contributed by atoms with Crippen LogP contribution in [-0.4, -0.2) is 38.6 Å². The molecule has 0 unspecified atom stereocenters. The summed E-state index contributed by atoms with van der Waals surface area (Å²) in [6, 6.07) is 3.33. The van der Waals surface area contributed by atoms with Gasteiger partial charge in [-0.1, -0.05) is 6.92 Å². The fourth-order valence-corrected chi connectivity index (χ4v) is 3.01. The molecule has 0 amide bonds. The number of benzene rings is 1. The van der Waals surface area contributed by atoms with Gasteiger partial charge in [-0.3, -0.25) is 9.20 Å². The van der Waals surface area contributed by atoms with Crippen molar-refractivity contribution in [1.29, 1.82) is 0 Å². The number of rotatable bonds is 5. The third-order valence-electron chi connectivity index (χ3n) is 4.43. The summed E-state index contributed by atoms with van der Waals surface area (Å²) >= 11 is 0. The van der Waals surface area contributed by atoms with Crippen LogP contribution in [-0.2, 0) is 12.8 Å². The van der Waals surface area contributed by atoms with Crippen molar-refractivity contribution in [3.05, 3.63) is 58.2 Å².